The SMILES string of the molecule is O=C(Nc1ccc(S(=O)(=O)Nc2ccccc2)cc1)c1ccc2ncccc2c1. The molecule has 0 atom stereocenters. The third-order valence-corrected chi connectivity index (χ3v) is 5.71. The second-order valence-electron chi connectivity index (χ2n) is 6.36. The van der Waals surface area contributed by atoms with Gasteiger partial charge in [0.1, 0.15) is 0 Å². The Bertz CT molecular complexity index is 1270. The van der Waals surface area contributed by atoms with Crippen LogP contribution in [0.25, 0.3) is 10.9 Å². The third kappa shape index (κ3) is 4.25. The molecular formula is C22H17N3O3S. The van der Waals surface area contributed by atoms with Gasteiger partial charge in [-0.3, -0.25) is 14.5 Å². The average Bonchev–Trinajstić information content (AvgIpc) is 2.74. The molecular weight excluding hydrogens is 386 g/mol. The van der Waals surface area contributed by atoms with Gasteiger partial charge in [0, 0.05) is 28.5 Å². The van der Waals surface area contributed by atoms with Crippen molar-refractivity contribution in [3.05, 3.63) is 96.7 Å². The summed E-state index contributed by atoms with van der Waals surface area (Å²) in [6.45, 7) is 0. The Kier molecular flexibility index (Phi) is 4.97. The van der Waals surface area contributed by atoms with E-state index < -0.39 is 10.0 Å². The lowest BCUT2D eigenvalue weighted by Gasteiger charge is -2.10. The highest BCUT2D eigenvalue weighted by Crippen LogP contribution is 2.19. The molecule has 0 saturated carbocycles. The van der Waals surface area contributed by atoms with Crippen LogP contribution in [0.15, 0.2) is 96.0 Å². The van der Waals surface area contributed by atoms with E-state index in [1.807, 2.05) is 12.1 Å². The van der Waals surface area contributed by atoms with Gasteiger partial charge in [-0.1, -0.05) is 24.3 Å². The second-order valence-corrected chi connectivity index (χ2v) is 8.04. The normalized spacial score (nSPS) is 11.2. The highest BCUT2D eigenvalue weighted by molar-refractivity contribution is 7.92. The molecule has 0 aliphatic heterocycles. The predicted molar refractivity (Wildman–Crippen MR) is 113 cm³/mol. The van der Waals surface area contributed by atoms with Crippen molar-refractivity contribution in [3.63, 3.8) is 0 Å². The van der Waals surface area contributed by atoms with Crippen molar-refractivity contribution in [2.45, 2.75) is 4.90 Å². The smallest absolute Gasteiger partial charge is 0.261 e. The quantitative estimate of drug-likeness (QED) is 0.520. The number of para-hydroxylation sites is 1. The van der Waals surface area contributed by atoms with Crippen LogP contribution in [0.1, 0.15) is 10.4 Å². The van der Waals surface area contributed by atoms with Gasteiger partial charge in [-0.25, -0.2) is 8.42 Å². The molecule has 0 unspecified atom stereocenters. The number of hydrogen-bond donors (Lipinski definition) is 2. The number of rotatable bonds is 5. The molecule has 0 bridgehead atoms. The first-order chi connectivity index (χ1) is 14.0. The molecule has 4 rings (SSSR count). The van der Waals surface area contributed by atoms with Gasteiger partial charge in [0.15, 0.2) is 0 Å². The van der Waals surface area contributed by atoms with Gasteiger partial charge in [0.05, 0.1) is 10.4 Å². The highest BCUT2D eigenvalue weighted by atomic mass is 32.2. The topological polar surface area (TPSA) is 88.2 Å². The van der Waals surface area contributed by atoms with Gasteiger partial charge in [0.25, 0.3) is 15.9 Å². The number of hydrogen-bond acceptors (Lipinski definition) is 4. The zero-order chi connectivity index (χ0) is 20.3. The number of fused-ring (bicyclic) bond motifs is 1. The van der Waals surface area contributed by atoms with Gasteiger partial charge in [-0.05, 0) is 60.7 Å². The van der Waals surface area contributed by atoms with E-state index in [1.165, 1.54) is 12.1 Å². The number of carbonyl (C=O) groups is 1. The minimum Gasteiger partial charge on any atom is -0.322 e. The van der Waals surface area contributed by atoms with Crippen LogP contribution in [0.3, 0.4) is 0 Å². The van der Waals surface area contributed by atoms with Crippen LogP contribution >= 0.6 is 0 Å². The fourth-order valence-corrected chi connectivity index (χ4v) is 3.92. The van der Waals surface area contributed by atoms with E-state index in [4.69, 9.17) is 0 Å². The molecule has 1 amide bonds. The van der Waals surface area contributed by atoms with E-state index in [9.17, 15) is 13.2 Å². The van der Waals surface area contributed by atoms with E-state index in [1.54, 1.807) is 66.9 Å². The maximum absolute atomic E-state index is 12.5. The Balaban J connectivity index is 1.49. The molecule has 4 aromatic rings. The largest absolute Gasteiger partial charge is 0.322 e. The number of amides is 1. The molecule has 144 valence electrons. The van der Waals surface area contributed by atoms with Gasteiger partial charge in [-0.15, -0.1) is 0 Å². The number of nitrogens with zero attached hydrogens (tertiary/aromatic N) is 1. The summed E-state index contributed by atoms with van der Waals surface area (Å²) in [4.78, 5) is 16.9. The van der Waals surface area contributed by atoms with Crippen molar-refractivity contribution >= 4 is 38.2 Å². The number of nitrogens with one attached hydrogen (secondary N) is 2. The molecule has 1 aromatic heterocycles. The number of pyridine rings is 1. The van der Waals surface area contributed by atoms with Crippen LogP contribution in [0.4, 0.5) is 11.4 Å². The molecule has 3 aromatic carbocycles. The minimum absolute atomic E-state index is 0.108. The fourth-order valence-electron chi connectivity index (χ4n) is 2.86. The maximum atomic E-state index is 12.5. The van der Waals surface area contributed by atoms with Crippen molar-refractivity contribution in [1.29, 1.82) is 0 Å². The summed E-state index contributed by atoms with van der Waals surface area (Å²) in [5.74, 6) is -0.284. The van der Waals surface area contributed by atoms with Crippen molar-refractivity contribution in [2.75, 3.05) is 10.0 Å². The Hall–Kier alpha value is -3.71. The fraction of sp³-hybridized carbons (Fsp3) is 0. The summed E-state index contributed by atoms with van der Waals surface area (Å²) < 4.78 is 27.5. The predicted octanol–water partition coefficient (Wildman–Crippen LogP) is 4.29. The van der Waals surface area contributed by atoms with E-state index in [0.29, 0.717) is 16.9 Å². The van der Waals surface area contributed by atoms with E-state index in [0.717, 1.165) is 10.9 Å². The highest BCUT2D eigenvalue weighted by Gasteiger charge is 2.14. The number of aromatic nitrogens is 1. The Morgan fingerprint density at radius 3 is 2.31 bits per heavy atom. The number of sulfonamides is 1. The summed E-state index contributed by atoms with van der Waals surface area (Å²) in [6, 6.07) is 23.6. The van der Waals surface area contributed by atoms with Gasteiger partial charge >= 0.3 is 0 Å². The molecule has 2 N–H and O–H groups in total. The molecule has 29 heavy (non-hydrogen) atoms. The van der Waals surface area contributed by atoms with Crippen LogP contribution in [0.5, 0.6) is 0 Å². The van der Waals surface area contributed by atoms with E-state index in [-0.39, 0.29) is 10.8 Å². The first-order valence-electron chi connectivity index (χ1n) is 8.85. The monoisotopic (exact) mass is 403 g/mol. The molecule has 0 aliphatic rings. The van der Waals surface area contributed by atoms with Crippen LogP contribution in [0.2, 0.25) is 0 Å². The Morgan fingerprint density at radius 2 is 1.55 bits per heavy atom. The molecule has 0 aliphatic carbocycles. The summed E-state index contributed by atoms with van der Waals surface area (Å²) >= 11 is 0. The zero-order valence-electron chi connectivity index (χ0n) is 15.2. The summed E-state index contributed by atoms with van der Waals surface area (Å²) in [7, 11) is -3.70. The summed E-state index contributed by atoms with van der Waals surface area (Å²) in [6.07, 6.45) is 1.70. The molecule has 0 fully saturated rings. The average molecular weight is 403 g/mol. The molecule has 1 heterocycles. The lowest BCUT2D eigenvalue weighted by atomic mass is 10.1. The first kappa shape index (κ1) is 18.6. The first-order valence-corrected chi connectivity index (χ1v) is 10.3. The van der Waals surface area contributed by atoms with E-state index in [2.05, 4.69) is 15.0 Å². The summed E-state index contributed by atoms with van der Waals surface area (Å²) in [5.41, 5.74) is 2.29. The van der Waals surface area contributed by atoms with Gasteiger partial charge in [0.2, 0.25) is 0 Å². The summed E-state index contributed by atoms with van der Waals surface area (Å²) in [5, 5.41) is 3.65. The standard InChI is InChI=1S/C22H17N3O3S/c26-22(17-8-13-21-16(15-17)5-4-14-23-21)24-18-9-11-20(12-10-18)29(27,28)25-19-6-2-1-3-7-19/h1-15,25H,(H,24,26). The molecule has 0 saturated heterocycles. The molecule has 0 spiro atoms. The van der Waals surface area contributed by atoms with Crippen molar-refractivity contribution < 1.29 is 13.2 Å². The van der Waals surface area contributed by atoms with Crippen LogP contribution in [-0.2, 0) is 10.0 Å². The van der Waals surface area contributed by atoms with Gasteiger partial charge in [-0.2, -0.15) is 0 Å². The lowest BCUT2D eigenvalue weighted by Crippen LogP contribution is -2.14. The molecule has 0 radical (unpaired) electrons. The second kappa shape index (κ2) is 7.73. The minimum atomic E-state index is -3.70. The number of anilines is 2. The Morgan fingerprint density at radius 1 is 0.793 bits per heavy atom. The van der Waals surface area contributed by atoms with Crippen LogP contribution in [0, 0.1) is 0 Å². The van der Waals surface area contributed by atoms with Crippen molar-refractivity contribution in [1.82, 2.24) is 4.98 Å². The van der Waals surface area contributed by atoms with Crippen LogP contribution in [-0.4, -0.2) is 19.3 Å². The lowest BCUT2D eigenvalue weighted by molar-refractivity contribution is 0.102. The van der Waals surface area contributed by atoms with Crippen molar-refractivity contribution in [3.8, 4) is 0 Å². The molecule has 7 heteroatoms. The number of benzene rings is 3. The zero-order valence-corrected chi connectivity index (χ0v) is 16.1. The van der Waals surface area contributed by atoms with E-state index >= 15 is 0 Å². The third-order valence-electron chi connectivity index (χ3n) is 4.31. The number of carbonyl (C=O) groups excluding carboxylic acids is 1. The van der Waals surface area contributed by atoms with Gasteiger partial charge < -0.3 is 5.32 Å². The molecule has 6 nitrogen and oxygen atoms in total. The van der Waals surface area contributed by atoms with Crippen molar-refractivity contribution in [2.24, 2.45) is 0 Å². The van der Waals surface area contributed by atoms with Crippen LogP contribution < -0.4 is 10.0 Å². The maximum Gasteiger partial charge on any atom is 0.261 e. The Labute approximate surface area is 168 Å².